The summed E-state index contributed by atoms with van der Waals surface area (Å²) in [5.74, 6) is -0.707. The molecule has 1 aromatic carbocycles. The molecule has 4 rings (SSSR count). The van der Waals surface area contributed by atoms with Crippen LogP contribution in [-0.4, -0.2) is 43.6 Å². The Balaban J connectivity index is 1.55. The fraction of sp³-hybridized carbons (Fsp3) is 0.286. The van der Waals surface area contributed by atoms with E-state index in [9.17, 15) is 19.8 Å². The van der Waals surface area contributed by atoms with E-state index in [-0.39, 0.29) is 22.9 Å². The van der Waals surface area contributed by atoms with Crippen molar-refractivity contribution in [2.45, 2.75) is 25.3 Å². The number of hydrogen-bond donors (Lipinski definition) is 2. The van der Waals surface area contributed by atoms with Crippen LogP contribution in [0.3, 0.4) is 0 Å². The minimum atomic E-state index is -0.921. The maximum absolute atomic E-state index is 12.3. The second-order valence-electron chi connectivity index (χ2n) is 7.18. The van der Waals surface area contributed by atoms with Crippen molar-refractivity contribution in [3.8, 4) is 5.75 Å². The number of rotatable bonds is 4. The molecule has 1 fully saturated rings. The quantitative estimate of drug-likeness (QED) is 0.723. The summed E-state index contributed by atoms with van der Waals surface area (Å²) in [6.45, 7) is 2.16. The van der Waals surface area contributed by atoms with Crippen LogP contribution in [0, 0.1) is 0 Å². The normalized spacial score (nSPS) is 17.6. The zero-order valence-corrected chi connectivity index (χ0v) is 15.3. The molecule has 7 nitrogen and oxygen atoms in total. The van der Waals surface area contributed by atoms with E-state index in [1.165, 1.54) is 16.5 Å². The van der Waals surface area contributed by atoms with Gasteiger partial charge in [0.15, 0.2) is 11.4 Å². The first kappa shape index (κ1) is 18.2. The molecule has 0 spiro atoms. The number of piperidine rings is 1. The predicted molar refractivity (Wildman–Crippen MR) is 104 cm³/mol. The predicted octanol–water partition coefficient (Wildman–Crippen LogP) is 2.48. The Kier molecular flexibility index (Phi) is 4.83. The van der Waals surface area contributed by atoms with Gasteiger partial charge in [0.1, 0.15) is 0 Å². The summed E-state index contributed by atoms with van der Waals surface area (Å²) in [7, 11) is 0. The van der Waals surface area contributed by atoms with Gasteiger partial charge in [0.25, 0.3) is 5.56 Å². The van der Waals surface area contributed by atoms with Crippen LogP contribution in [0.1, 0.15) is 40.4 Å². The third-order valence-corrected chi connectivity index (χ3v) is 5.22. The van der Waals surface area contributed by atoms with Gasteiger partial charge in [-0.25, -0.2) is 9.78 Å². The van der Waals surface area contributed by atoms with Gasteiger partial charge in [-0.15, -0.1) is 0 Å². The Morgan fingerprint density at radius 1 is 1.21 bits per heavy atom. The van der Waals surface area contributed by atoms with E-state index in [0.717, 1.165) is 31.5 Å². The molecule has 1 atom stereocenters. The van der Waals surface area contributed by atoms with E-state index in [0.29, 0.717) is 17.8 Å². The molecule has 0 saturated carbocycles. The number of benzene rings is 1. The van der Waals surface area contributed by atoms with Crippen LogP contribution < -0.4 is 5.56 Å². The number of fused-ring (bicyclic) bond motifs is 1. The van der Waals surface area contributed by atoms with Crippen molar-refractivity contribution in [1.82, 2.24) is 14.3 Å². The number of pyridine rings is 1. The Morgan fingerprint density at radius 2 is 2.07 bits per heavy atom. The SMILES string of the molecule is O=C(O)c1cccc([C@H]2CCCN(Cc3cc(=O)n4cccc(O)c4n3)C2)c1. The van der Waals surface area contributed by atoms with Crippen LogP contribution in [0.25, 0.3) is 5.65 Å². The minimum Gasteiger partial charge on any atom is -0.504 e. The van der Waals surface area contributed by atoms with Crippen molar-refractivity contribution >= 4 is 11.6 Å². The number of hydrogen-bond acceptors (Lipinski definition) is 5. The Labute approximate surface area is 161 Å². The van der Waals surface area contributed by atoms with Crippen molar-refractivity contribution in [2.75, 3.05) is 13.1 Å². The van der Waals surface area contributed by atoms with Gasteiger partial charge in [-0.1, -0.05) is 12.1 Å². The number of aromatic nitrogens is 2. The molecule has 0 unspecified atom stereocenters. The topological polar surface area (TPSA) is 95.1 Å². The Bertz CT molecular complexity index is 1090. The third-order valence-electron chi connectivity index (χ3n) is 5.22. The van der Waals surface area contributed by atoms with E-state index in [1.54, 1.807) is 30.5 Å². The fourth-order valence-corrected chi connectivity index (χ4v) is 3.87. The molecule has 144 valence electrons. The first-order valence-corrected chi connectivity index (χ1v) is 9.27. The van der Waals surface area contributed by atoms with E-state index >= 15 is 0 Å². The Morgan fingerprint density at radius 3 is 2.89 bits per heavy atom. The van der Waals surface area contributed by atoms with E-state index in [4.69, 9.17) is 0 Å². The monoisotopic (exact) mass is 379 g/mol. The number of carboxylic acids is 1. The summed E-state index contributed by atoms with van der Waals surface area (Å²) < 4.78 is 1.33. The minimum absolute atomic E-state index is 0.0246. The molecule has 0 radical (unpaired) electrons. The first-order chi connectivity index (χ1) is 13.5. The number of likely N-dealkylation sites (tertiary alicyclic amines) is 1. The summed E-state index contributed by atoms with van der Waals surface area (Å²) in [6, 6.07) is 11.7. The van der Waals surface area contributed by atoms with Gasteiger partial charge in [-0.3, -0.25) is 14.1 Å². The van der Waals surface area contributed by atoms with Crippen LogP contribution in [0.5, 0.6) is 5.75 Å². The van der Waals surface area contributed by atoms with E-state index < -0.39 is 5.97 Å². The lowest BCUT2D eigenvalue weighted by Gasteiger charge is -2.32. The second-order valence-corrected chi connectivity index (χ2v) is 7.18. The lowest BCUT2D eigenvalue weighted by atomic mass is 9.89. The molecule has 0 bridgehead atoms. The fourth-order valence-electron chi connectivity index (χ4n) is 3.87. The number of carbonyl (C=O) groups is 1. The average molecular weight is 379 g/mol. The standard InChI is InChI=1S/C21H21N3O4/c25-18-7-3-9-24-19(26)11-17(22-20(18)24)13-23-8-2-6-16(12-23)14-4-1-5-15(10-14)21(27)28/h1,3-5,7,9-11,16,25H,2,6,8,12-13H2,(H,27,28)/t16-/m0/s1. The molecule has 2 N–H and O–H groups in total. The molecule has 1 aliphatic heterocycles. The zero-order chi connectivity index (χ0) is 19.7. The molecule has 1 aliphatic rings. The molecule has 7 heteroatoms. The van der Waals surface area contributed by atoms with Crippen molar-refractivity contribution in [3.63, 3.8) is 0 Å². The zero-order valence-electron chi connectivity index (χ0n) is 15.3. The van der Waals surface area contributed by atoms with E-state index in [2.05, 4.69) is 9.88 Å². The molecule has 3 aromatic rings. The highest BCUT2D eigenvalue weighted by atomic mass is 16.4. The second kappa shape index (κ2) is 7.44. The maximum atomic E-state index is 12.3. The number of aromatic hydroxyl groups is 1. The summed E-state index contributed by atoms with van der Waals surface area (Å²) >= 11 is 0. The summed E-state index contributed by atoms with van der Waals surface area (Å²) in [4.78, 5) is 30.2. The van der Waals surface area contributed by atoms with Crippen LogP contribution in [-0.2, 0) is 6.54 Å². The number of carboxylic acid groups (broad SMARTS) is 1. The van der Waals surface area contributed by atoms with Gasteiger partial charge in [0.05, 0.1) is 11.3 Å². The van der Waals surface area contributed by atoms with Gasteiger partial charge in [-0.2, -0.15) is 0 Å². The van der Waals surface area contributed by atoms with Gasteiger partial charge < -0.3 is 10.2 Å². The van der Waals surface area contributed by atoms with Gasteiger partial charge in [0.2, 0.25) is 0 Å². The van der Waals surface area contributed by atoms with Crippen molar-refractivity contribution < 1.29 is 15.0 Å². The highest BCUT2D eigenvalue weighted by molar-refractivity contribution is 5.87. The van der Waals surface area contributed by atoms with Gasteiger partial charge in [-0.05, 0) is 55.1 Å². The summed E-state index contributed by atoms with van der Waals surface area (Å²) in [5.41, 5.74) is 1.97. The molecule has 28 heavy (non-hydrogen) atoms. The summed E-state index contributed by atoms with van der Waals surface area (Å²) in [5, 5.41) is 19.2. The first-order valence-electron chi connectivity index (χ1n) is 9.27. The average Bonchev–Trinajstić information content (AvgIpc) is 2.69. The summed E-state index contributed by atoms with van der Waals surface area (Å²) in [6.07, 6.45) is 3.56. The lowest BCUT2D eigenvalue weighted by Crippen LogP contribution is -2.34. The number of nitrogens with zero attached hydrogens (tertiary/aromatic N) is 3. The molecule has 3 heterocycles. The molecule has 0 amide bonds. The van der Waals surface area contributed by atoms with Crippen molar-refractivity contribution in [3.05, 3.63) is 75.8 Å². The van der Waals surface area contributed by atoms with Crippen LogP contribution in [0.2, 0.25) is 0 Å². The maximum Gasteiger partial charge on any atom is 0.335 e. The lowest BCUT2D eigenvalue weighted by molar-refractivity contribution is 0.0696. The Hall–Kier alpha value is -3.19. The van der Waals surface area contributed by atoms with Crippen LogP contribution in [0.15, 0.2) is 53.5 Å². The van der Waals surface area contributed by atoms with E-state index in [1.807, 2.05) is 6.07 Å². The highest BCUT2D eigenvalue weighted by Crippen LogP contribution is 2.28. The molecular weight excluding hydrogens is 358 g/mol. The van der Waals surface area contributed by atoms with Crippen LogP contribution >= 0.6 is 0 Å². The third kappa shape index (κ3) is 3.61. The highest BCUT2D eigenvalue weighted by Gasteiger charge is 2.23. The van der Waals surface area contributed by atoms with Crippen LogP contribution in [0.4, 0.5) is 0 Å². The molecule has 2 aromatic heterocycles. The molecular formula is C21H21N3O4. The smallest absolute Gasteiger partial charge is 0.335 e. The van der Waals surface area contributed by atoms with Gasteiger partial charge >= 0.3 is 5.97 Å². The molecule has 1 saturated heterocycles. The van der Waals surface area contributed by atoms with Crippen molar-refractivity contribution in [2.24, 2.45) is 0 Å². The van der Waals surface area contributed by atoms with Crippen molar-refractivity contribution in [1.29, 1.82) is 0 Å². The number of aromatic carboxylic acids is 1. The molecule has 0 aliphatic carbocycles. The largest absolute Gasteiger partial charge is 0.504 e. The van der Waals surface area contributed by atoms with Gasteiger partial charge in [0, 0.05) is 25.4 Å².